The number of benzene rings is 2. The molecule has 0 aliphatic rings. The molecule has 0 aliphatic heterocycles. The van der Waals surface area contributed by atoms with Crippen LogP contribution in [0.3, 0.4) is 0 Å². The third-order valence-corrected chi connectivity index (χ3v) is 3.69. The number of carbonyl (C=O) groups is 1. The lowest BCUT2D eigenvalue weighted by Gasteiger charge is -2.24. The molecule has 25 heavy (non-hydrogen) atoms. The maximum Gasteiger partial charge on any atom is 0.419 e. The smallest absolute Gasteiger partial charge is 0.419 e. The largest absolute Gasteiger partial charge is 0.550 e. The molecule has 3 nitrogen and oxygen atoms in total. The minimum absolute atomic E-state index is 0.0548. The van der Waals surface area contributed by atoms with Gasteiger partial charge >= 0.3 is 6.18 Å². The number of carboxylic acids is 1. The molecule has 0 saturated carbocycles. The number of aliphatic hydroxyl groups excluding tert-OH is 1. The lowest BCUT2D eigenvalue weighted by Crippen LogP contribution is -2.36. The molecule has 2 atom stereocenters. The van der Waals surface area contributed by atoms with Crippen LogP contribution in [0.15, 0.2) is 42.5 Å². The van der Waals surface area contributed by atoms with E-state index in [4.69, 9.17) is 0 Å². The number of hydrogen-bond donors (Lipinski definition) is 1. The van der Waals surface area contributed by atoms with Gasteiger partial charge in [-0.25, -0.2) is 8.78 Å². The first-order chi connectivity index (χ1) is 11.6. The van der Waals surface area contributed by atoms with Gasteiger partial charge in [0.2, 0.25) is 0 Å². The van der Waals surface area contributed by atoms with Crippen LogP contribution in [0.25, 0.3) is 0 Å². The van der Waals surface area contributed by atoms with Crippen LogP contribution in [0.1, 0.15) is 22.8 Å². The van der Waals surface area contributed by atoms with Crippen LogP contribution >= 0.6 is 0 Å². The van der Waals surface area contributed by atoms with Crippen molar-refractivity contribution in [3.63, 3.8) is 0 Å². The molecule has 0 spiro atoms. The van der Waals surface area contributed by atoms with Gasteiger partial charge in [0.05, 0.1) is 11.7 Å². The zero-order chi connectivity index (χ0) is 18.8. The van der Waals surface area contributed by atoms with E-state index in [-0.39, 0.29) is 11.1 Å². The van der Waals surface area contributed by atoms with Gasteiger partial charge in [-0.1, -0.05) is 18.2 Å². The molecular formula is C17H12F5O3-. The summed E-state index contributed by atoms with van der Waals surface area (Å²) in [6.07, 6.45) is -6.93. The summed E-state index contributed by atoms with van der Waals surface area (Å²) in [6.45, 7) is 0. The molecule has 1 N–H and O–H groups in total. The van der Waals surface area contributed by atoms with Gasteiger partial charge in [0.1, 0.15) is 11.6 Å². The van der Waals surface area contributed by atoms with Crippen LogP contribution in [0.4, 0.5) is 22.0 Å². The second kappa shape index (κ2) is 7.18. The van der Waals surface area contributed by atoms with Gasteiger partial charge in [0.15, 0.2) is 0 Å². The molecule has 0 bridgehead atoms. The minimum Gasteiger partial charge on any atom is -0.550 e. The molecule has 0 aromatic heterocycles. The van der Waals surface area contributed by atoms with Crippen molar-refractivity contribution in [2.75, 3.05) is 0 Å². The summed E-state index contributed by atoms with van der Waals surface area (Å²) in [5, 5.41) is 21.4. The molecule has 0 heterocycles. The Hall–Kier alpha value is -2.48. The molecule has 0 aliphatic carbocycles. The molecule has 0 radical (unpaired) electrons. The van der Waals surface area contributed by atoms with Crippen LogP contribution in [0, 0.1) is 17.6 Å². The van der Waals surface area contributed by atoms with E-state index in [1.54, 1.807) is 0 Å². The van der Waals surface area contributed by atoms with Crippen molar-refractivity contribution in [1.29, 1.82) is 0 Å². The standard InChI is InChI=1S/C17H13F5O3/c18-11-4-2-10(3-5-11)15(23)12(16(24)25)7-9-1-6-13(14(19)8-9)17(20,21)22/h1-6,8,12,15,23H,7H2,(H,24,25)/p-1. The first kappa shape index (κ1) is 18.9. The number of carboxylic acid groups (broad SMARTS) is 1. The number of hydrogen-bond acceptors (Lipinski definition) is 3. The lowest BCUT2D eigenvalue weighted by atomic mass is 9.89. The normalized spacial score (nSPS) is 14.2. The summed E-state index contributed by atoms with van der Waals surface area (Å²) in [6, 6.07) is 6.37. The Kier molecular flexibility index (Phi) is 5.42. The fourth-order valence-corrected chi connectivity index (χ4v) is 2.39. The SMILES string of the molecule is O=C([O-])C(Cc1ccc(C(F)(F)F)c(F)c1)C(O)c1ccc(F)cc1. The van der Waals surface area contributed by atoms with Crippen LogP contribution < -0.4 is 5.11 Å². The molecule has 0 fully saturated rings. The minimum atomic E-state index is -4.87. The molecule has 2 aromatic rings. The fraction of sp³-hybridized carbons (Fsp3) is 0.235. The summed E-state index contributed by atoms with van der Waals surface area (Å²) in [5.41, 5.74) is -1.44. The quantitative estimate of drug-likeness (QED) is 0.835. The lowest BCUT2D eigenvalue weighted by molar-refractivity contribution is -0.314. The van der Waals surface area contributed by atoms with Crippen molar-refractivity contribution >= 4 is 5.97 Å². The Bertz CT molecular complexity index is 756. The van der Waals surface area contributed by atoms with Crippen LogP contribution in [0.2, 0.25) is 0 Å². The van der Waals surface area contributed by atoms with Crippen molar-refractivity contribution in [2.45, 2.75) is 18.7 Å². The molecule has 8 heteroatoms. The van der Waals surface area contributed by atoms with Gasteiger partial charge in [0.25, 0.3) is 0 Å². The van der Waals surface area contributed by atoms with Crippen LogP contribution in [-0.2, 0) is 17.4 Å². The first-order valence-corrected chi connectivity index (χ1v) is 7.09. The average Bonchev–Trinajstić information content (AvgIpc) is 2.51. The fourth-order valence-electron chi connectivity index (χ4n) is 2.39. The summed E-state index contributed by atoms with van der Waals surface area (Å²) >= 11 is 0. The maximum absolute atomic E-state index is 13.6. The van der Waals surface area contributed by atoms with E-state index in [2.05, 4.69) is 0 Å². The van der Waals surface area contributed by atoms with E-state index >= 15 is 0 Å². The van der Waals surface area contributed by atoms with Gasteiger partial charge in [0, 0.05) is 11.9 Å². The average molecular weight is 359 g/mol. The number of aliphatic carboxylic acids is 1. The van der Waals surface area contributed by atoms with Gasteiger partial charge in [-0.05, 0) is 41.8 Å². The molecule has 2 aromatic carbocycles. The van der Waals surface area contributed by atoms with Crippen molar-refractivity contribution in [1.82, 2.24) is 0 Å². The molecule has 134 valence electrons. The highest BCUT2D eigenvalue weighted by Crippen LogP contribution is 2.32. The van der Waals surface area contributed by atoms with Gasteiger partial charge in [-0.2, -0.15) is 13.2 Å². The number of alkyl halides is 3. The second-order valence-electron chi connectivity index (χ2n) is 5.44. The first-order valence-electron chi connectivity index (χ1n) is 7.09. The van der Waals surface area contributed by atoms with Crippen LogP contribution in [0.5, 0.6) is 0 Å². The molecule has 2 unspecified atom stereocenters. The highest BCUT2D eigenvalue weighted by atomic mass is 19.4. The molecule has 0 amide bonds. The predicted octanol–water partition coefficient (Wildman–Crippen LogP) is 2.63. The third kappa shape index (κ3) is 4.54. The summed E-state index contributed by atoms with van der Waals surface area (Å²) in [5.74, 6) is -5.36. The third-order valence-electron chi connectivity index (χ3n) is 3.69. The Balaban J connectivity index is 2.26. The van der Waals surface area contributed by atoms with E-state index in [0.29, 0.717) is 12.1 Å². The molecular weight excluding hydrogens is 347 g/mol. The number of halogens is 5. The predicted molar refractivity (Wildman–Crippen MR) is 75.0 cm³/mol. The highest BCUT2D eigenvalue weighted by molar-refractivity contribution is 5.69. The maximum atomic E-state index is 13.6. The zero-order valence-corrected chi connectivity index (χ0v) is 12.6. The van der Waals surface area contributed by atoms with E-state index in [1.165, 1.54) is 12.1 Å². The Morgan fingerprint density at radius 1 is 1.08 bits per heavy atom. The van der Waals surface area contributed by atoms with Gasteiger partial charge in [-0.3, -0.25) is 0 Å². The molecule has 0 saturated heterocycles. The number of carbonyl (C=O) groups excluding carboxylic acids is 1. The Morgan fingerprint density at radius 2 is 1.68 bits per heavy atom. The topological polar surface area (TPSA) is 60.4 Å². The van der Waals surface area contributed by atoms with E-state index in [0.717, 1.165) is 18.2 Å². The number of aliphatic hydroxyl groups is 1. The highest BCUT2D eigenvalue weighted by Gasteiger charge is 2.34. The Morgan fingerprint density at radius 3 is 2.16 bits per heavy atom. The molecule has 2 rings (SSSR count). The zero-order valence-electron chi connectivity index (χ0n) is 12.6. The van der Waals surface area contributed by atoms with E-state index in [9.17, 15) is 37.0 Å². The monoisotopic (exact) mass is 359 g/mol. The van der Waals surface area contributed by atoms with E-state index < -0.39 is 47.8 Å². The summed E-state index contributed by atoms with van der Waals surface area (Å²) in [4.78, 5) is 11.3. The number of rotatable bonds is 5. The summed E-state index contributed by atoms with van der Waals surface area (Å²) < 4.78 is 64.1. The van der Waals surface area contributed by atoms with Crippen molar-refractivity contribution in [2.24, 2.45) is 5.92 Å². The van der Waals surface area contributed by atoms with E-state index in [1.807, 2.05) is 0 Å². The Labute approximate surface area is 139 Å². The second-order valence-corrected chi connectivity index (χ2v) is 5.44. The summed E-state index contributed by atoms with van der Waals surface area (Å²) in [7, 11) is 0. The van der Waals surface area contributed by atoms with Gasteiger partial charge < -0.3 is 15.0 Å². The van der Waals surface area contributed by atoms with Crippen molar-refractivity contribution < 1.29 is 37.0 Å². The van der Waals surface area contributed by atoms with Crippen molar-refractivity contribution in [3.8, 4) is 0 Å². The van der Waals surface area contributed by atoms with Gasteiger partial charge in [-0.15, -0.1) is 0 Å². The van der Waals surface area contributed by atoms with Crippen LogP contribution in [-0.4, -0.2) is 11.1 Å². The van der Waals surface area contributed by atoms with Crippen molar-refractivity contribution in [3.05, 3.63) is 70.8 Å².